The molecular formula is C31H33N5OS. The molecule has 2 aliphatic rings. The summed E-state index contributed by atoms with van der Waals surface area (Å²) in [5.74, 6) is -0.0214. The molecule has 3 heterocycles. The van der Waals surface area contributed by atoms with Gasteiger partial charge < -0.3 is 20.1 Å². The Morgan fingerprint density at radius 3 is 2.63 bits per heavy atom. The Balaban J connectivity index is 1.25. The molecule has 2 N–H and O–H groups in total. The number of nitrogens with zero attached hydrogens (tertiary/aromatic N) is 3. The van der Waals surface area contributed by atoms with Crippen LogP contribution in [0, 0.1) is 0 Å². The van der Waals surface area contributed by atoms with Crippen molar-refractivity contribution in [2.24, 2.45) is 0 Å². The Morgan fingerprint density at radius 1 is 0.974 bits per heavy atom. The molecule has 194 valence electrons. The van der Waals surface area contributed by atoms with Crippen molar-refractivity contribution < 1.29 is 4.79 Å². The van der Waals surface area contributed by atoms with E-state index in [1.807, 2.05) is 48.7 Å². The van der Waals surface area contributed by atoms with E-state index < -0.39 is 0 Å². The molecule has 2 atom stereocenters. The lowest BCUT2D eigenvalue weighted by Gasteiger charge is -2.32. The van der Waals surface area contributed by atoms with Crippen molar-refractivity contribution in [3.63, 3.8) is 0 Å². The van der Waals surface area contributed by atoms with E-state index in [1.165, 1.54) is 37.8 Å². The second-order valence-corrected chi connectivity index (χ2v) is 10.7. The molecular weight excluding hydrogens is 490 g/mol. The summed E-state index contributed by atoms with van der Waals surface area (Å²) in [6.07, 6.45) is 10.6. The average molecular weight is 524 g/mol. The van der Waals surface area contributed by atoms with Crippen LogP contribution in [-0.4, -0.2) is 32.0 Å². The standard InChI is InChI=1S/C31H33N5OS/c37-28(33-25-16-8-11-22-10-4-5-14-24(22)25)18-21-36-30(29(34-31(36)38)26-15-6-7-19-32-26)27-17-9-20-35(27)23-12-2-1-3-13-23/h4-11,14-17,19-20,23,29-30H,1-3,12-13,18,21H2,(H,33,37)(H,34,38)/t29-,30-/m1/s1. The van der Waals surface area contributed by atoms with Crippen molar-refractivity contribution in [2.75, 3.05) is 11.9 Å². The molecule has 2 aromatic carbocycles. The van der Waals surface area contributed by atoms with Gasteiger partial charge in [-0.15, -0.1) is 0 Å². The number of amides is 1. The summed E-state index contributed by atoms with van der Waals surface area (Å²) in [5.41, 5.74) is 3.03. The fourth-order valence-corrected chi connectivity index (χ4v) is 6.42. The number of anilines is 1. The molecule has 0 unspecified atom stereocenters. The van der Waals surface area contributed by atoms with Gasteiger partial charge in [-0.3, -0.25) is 9.78 Å². The van der Waals surface area contributed by atoms with Crippen molar-refractivity contribution in [3.8, 4) is 0 Å². The fourth-order valence-electron chi connectivity index (χ4n) is 6.09. The Hall–Kier alpha value is -3.71. The summed E-state index contributed by atoms with van der Waals surface area (Å²) in [6.45, 7) is 0.520. The monoisotopic (exact) mass is 523 g/mol. The average Bonchev–Trinajstić information content (AvgIpc) is 3.57. The van der Waals surface area contributed by atoms with Gasteiger partial charge in [-0.05, 0) is 60.8 Å². The molecule has 0 radical (unpaired) electrons. The van der Waals surface area contributed by atoms with Crippen LogP contribution < -0.4 is 10.6 Å². The summed E-state index contributed by atoms with van der Waals surface area (Å²) in [6, 6.07) is 24.8. The van der Waals surface area contributed by atoms with Gasteiger partial charge in [0.05, 0.1) is 17.8 Å². The van der Waals surface area contributed by atoms with Gasteiger partial charge in [0.1, 0.15) is 0 Å². The molecule has 6 rings (SSSR count). The quantitative estimate of drug-likeness (QED) is 0.269. The van der Waals surface area contributed by atoms with E-state index in [4.69, 9.17) is 12.2 Å². The minimum atomic E-state index is -0.0814. The lowest BCUT2D eigenvalue weighted by atomic mass is 9.94. The zero-order chi connectivity index (χ0) is 25.9. The second kappa shape index (κ2) is 11.0. The van der Waals surface area contributed by atoms with E-state index in [0.29, 0.717) is 24.1 Å². The molecule has 0 spiro atoms. The highest BCUT2D eigenvalue weighted by molar-refractivity contribution is 7.80. The molecule has 1 aliphatic heterocycles. The Morgan fingerprint density at radius 2 is 1.79 bits per heavy atom. The van der Waals surface area contributed by atoms with Crippen LogP contribution in [-0.2, 0) is 4.79 Å². The lowest BCUT2D eigenvalue weighted by Crippen LogP contribution is -2.33. The maximum atomic E-state index is 13.2. The first-order chi connectivity index (χ1) is 18.7. The Kier molecular flexibility index (Phi) is 7.10. The van der Waals surface area contributed by atoms with Crippen LogP contribution in [0.25, 0.3) is 10.8 Å². The number of benzene rings is 2. The summed E-state index contributed by atoms with van der Waals surface area (Å²) in [4.78, 5) is 20.0. The van der Waals surface area contributed by atoms with Gasteiger partial charge >= 0.3 is 0 Å². The molecule has 1 saturated carbocycles. The maximum absolute atomic E-state index is 13.2. The minimum absolute atomic E-state index is 0.0214. The number of carbonyl (C=O) groups excluding carboxylic acids is 1. The number of hydrogen-bond donors (Lipinski definition) is 2. The lowest BCUT2D eigenvalue weighted by molar-refractivity contribution is -0.116. The molecule has 0 bridgehead atoms. The van der Waals surface area contributed by atoms with E-state index in [-0.39, 0.29) is 18.0 Å². The van der Waals surface area contributed by atoms with Crippen molar-refractivity contribution >= 4 is 39.7 Å². The third-order valence-corrected chi connectivity index (χ3v) is 8.28. The fraction of sp³-hybridized carbons (Fsp3) is 0.323. The zero-order valence-electron chi connectivity index (χ0n) is 21.4. The van der Waals surface area contributed by atoms with Gasteiger partial charge in [-0.25, -0.2) is 0 Å². The van der Waals surface area contributed by atoms with Gasteiger partial charge in [0.2, 0.25) is 5.91 Å². The number of fused-ring (bicyclic) bond motifs is 1. The van der Waals surface area contributed by atoms with Gasteiger partial charge in [-0.1, -0.05) is 61.7 Å². The van der Waals surface area contributed by atoms with Crippen molar-refractivity contribution in [3.05, 3.63) is 96.6 Å². The normalized spacial score (nSPS) is 20.0. The molecule has 6 nitrogen and oxygen atoms in total. The summed E-state index contributed by atoms with van der Waals surface area (Å²) in [7, 11) is 0. The first-order valence-corrected chi connectivity index (χ1v) is 14.0. The predicted octanol–water partition coefficient (Wildman–Crippen LogP) is 6.54. The highest BCUT2D eigenvalue weighted by Crippen LogP contribution is 2.41. The second-order valence-electron chi connectivity index (χ2n) is 10.3. The van der Waals surface area contributed by atoms with Crippen molar-refractivity contribution in [1.29, 1.82) is 0 Å². The molecule has 4 aromatic rings. The number of thiocarbonyl (C=S) groups is 1. The van der Waals surface area contributed by atoms with Crippen LogP contribution >= 0.6 is 12.2 Å². The SMILES string of the molecule is O=C(CCN1C(=S)N[C@H](c2ccccn2)[C@H]1c1cccn1C1CCCCC1)Nc1cccc2ccccc12. The van der Waals surface area contributed by atoms with E-state index in [1.54, 1.807) is 0 Å². The topological polar surface area (TPSA) is 62.2 Å². The van der Waals surface area contributed by atoms with Crippen LogP contribution in [0.3, 0.4) is 0 Å². The molecule has 7 heteroatoms. The van der Waals surface area contributed by atoms with Gasteiger partial charge in [0, 0.05) is 48.2 Å². The van der Waals surface area contributed by atoms with E-state index in [9.17, 15) is 4.79 Å². The largest absolute Gasteiger partial charge is 0.352 e. The maximum Gasteiger partial charge on any atom is 0.226 e. The number of carbonyl (C=O) groups is 1. The summed E-state index contributed by atoms with van der Waals surface area (Å²) in [5, 5.41) is 9.49. The molecule has 2 aromatic heterocycles. The highest BCUT2D eigenvalue weighted by Gasteiger charge is 2.41. The first-order valence-electron chi connectivity index (χ1n) is 13.6. The molecule has 38 heavy (non-hydrogen) atoms. The number of aromatic nitrogens is 2. The molecule has 1 amide bonds. The van der Waals surface area contributed by atoms with Crippen LogP contribution in [0.15, 0.2) is 85.2 Å². The van der Waals surface area contributed by atoms with Crippen molar-refractivity contribution in [1.82, 2.24) is 19.8 Å². The number of hydrogen-bond acceptors (Lipinski definition) is 3. The number of nitrogens with one attached hydrogen (secondary N) is 2. The van der Waals surface area contributed by atoms with E-state index in [2.05, 4.69) is 61.6 Å². The molecule has 1 saturated heterocycles. The van der Waals surface area contributed by atoms with Crippen LogP contribution in [0.1, 0.15) is 68.0 Å². The van der Waals surface area contributed by atoms with Crippen molar-refractivity contribution in [2.45, 2.75) is 56.7 Å². The van der Waals surface area contributed by atoms with E-state index in [0.717, 1.165) is 22.2 Å². The predicted molar refractivity (Wildman–Crippen MR) is 156 cm³/mol. The Bertz CT molecular complexity index is 1420. The third kappa shape index (κ3) is 4.90. The minimum Gasteiger partial charge on any atom is -0.352 e. The van der Waals surface area contributed by atoms with Gasteiger partial charge in [0.15, 0.2) is 5.11 Å². The summed E-state index contributed by atoms with van der Waals surface area (Å²) >= 11 is 5.86. The third-order valence-electron chi connectivity index (χ3n) is 7.92. The van der Waals surface area contributed by atoms with Crippen LogP contribution in [0.5, 0.6) is 0 Å². The zero-order valence-corrected chi connectivity index (χ0v) is 22.2. The molecule has 2 fully saturated rings. The van der Waals surface area contributed by atoms with Gasteiger partial charge in [-0.2, -0.15) is 0 Å². The Labute approximate surface area is 229 Å². The highest BCUT2D eigenvalue weighted by atomic mass is 32.1. The summed E-state index contributed by atoms with van der Waals surface area (Å²) < 4.78 is 2.46. The number of rotatable bonds is 7. The molecule has 1 aliphatic carbocycles. The smallest absolute Gasteiger partial charge is 0.226 e. The van der Waals surface area contributed by atoms with Crippen LogP contribution in [0.4, 0.5) is 5.69 Å². The van der Waals surface area contributed by atoms with Crippen LogP contribution in [0.2, 0.25) is 0 Å². The number of pyridine rings is 1. The van der Waals surface area contributed by atoms with E-state index >= 15 is 0 Å². The first kappa shape index (κ1) is 24.6. The van der Waals surface area contributed by atoms with Gasteiger partial charge in [0.25, 0.3) is 0 Å².